The summed E-state index contributed by atoms with van der Waals surface area (Å²) in [4.78, 5) is 23.9. The summed E-state index contributed by atoms with van der Waals surface area (Å²) >= 11 is 0. The number of nitrogen functional groups attached to an aromatic ring is 1. The highest BCUT2D eigenvalue weighted by Crippen LogP contribution is 2.25. The van der Waals surface area contributed by atoms with Crippen molar-refractivity contribution in [2.24, 2.45) is 0 Å². The van der Waals surface area contributed by atoms with E-state index in [1.54, 1.807) is 36.4 Å². The van der Waals surface area contributed by atoms with E-state index in [9.17, 15) is 9.59 Å². The summed E-state index contributed by atoms with van der Waals surface area (Å²) in [6.45, 7) is 1.74. The van der Waals surface area contributed by atoms with Gasteiger partial charge in [0.15, 0.2) is 12.4 Å². The standard InChI is InChI=1S/C19H22N2O4/c1-3-6-16(22)13-9-10-17(14(20)11-13)25-12-19(23)21-15-7-4-5-8-18(15)24-2/h4-5,7-11H,3,6,12,20H2,1-2H3,(H,21,23). The predicted molar refractivity (Wildman–Crippen MR) is 97.2 cm³/mol. The number of nitrogens with two attached hydrogens (primary N) is 1. The highest BCUT2D eigenvalue weighted by Gasteiger charge is 2.11. The highest BCUT2D eigenvalue weighted by molar-refractivity contribution is 5.97. The third kappa shape index (κ3) is 4.97. The van der Waals surface area contributed by atoms with Crippen LogP contribution < -0.4 is 20.5 Å². The minimum Gasteiger partial charge on any atom is -0.495 e. The third-order valence-corrected chi connectivity index (χ3v) is 3.55. The first kappa shape index (κ1) is 18.3. The smallest absolute Gasteiger partial charge is 0.262 e. The SMILES string of the molecule is CCCC(=O)c1ccc(OCC(=O)Nc2ccccc2OC)c(N)c1. The Morgan fingerprint density at radius 1 is 1.12 bits per heavy atom. The molecule has 0 aliphatic heterocycles. The van der Waals surface area contributed by atoms with Crippen LogP contribution in [0.5, 0.6) is 11.5 Å². The van der Waals surface area contributed by atoms with Gasteiger partial charge >= 0.3 is 0 Å². The Kier molecular flexibility index (Phi) is 6.39. The number of ether oxygens (including phenoxy) is 2. The van der Waals surface area contributed by atoms with Crippen molar-refractivity contribution >= 4 is 23.1 Å². The average Bonchev–Trinajstić information content (AvgIpc) is 2.61. The molecule has 0 aliphatic rings. The number of ketones is 1. The van der Waals surface area contributed by atoms with Crippen molar-refractivity contribution in [3.8, 4) is 11.5 Å². The van der Waals surface area contributed by atoms with Gasteiger partial charge in [0.05, 0.1) is 18.5 Å². The second-order valence-electron chi connectivity index (χ2n) is 5.46. The molecule has 0 spiro atoms. The summed E-state index contributed by atoms with van der Waals surface area (Å²) in [5, 5.41) is 2.71. The van der Waals surface area contributed by atoms with E-state index in [0.29, 0.717) is 34.9 Å². The lowest BCUT2D eigenvalue weighted by atomic mass is 10.1. The van der Waals surface area contributed by atoms with E-state index in [-0.39, 0.29) is 18.3 Å². The molecular weight excluding hydrogens is 320 g/mol. The molecule has 6 nitrogen and oxygen atoms in total. The average molecular weight is 342 g/mol. The molecule has 3 N–H and O–H groups in total. The van der Waals surface area contributed by atoms with E-state index in [0.717, 1.165) is 6.42 Å². The maximum absolute atomic E-state index is 12.0. The number of hydrogen-bond donors (Lipinski definition) is 2. The van der Waals surface area contributed by atoms with Crippen LogP contribution in [0.15, 0.2) is 42.5 Å². The molecular formula is C19H22N2O4. The fourth-order valence-corrected chi connectivity index (χ4v) is 2.30. The zero-order valence-electron chi connectivity index (χ0n) is 14.4. The summed E-state index contributed by atoms with van der Waals surface area (Å²) < 4.78 is 10.6. The Hall–Kier alpha value is -3.02. The number of nitrogens with one attached hydrogen (secondary N) is 1. The zero-order chi connectivity index (χ0) is 18.2. The molecule has 25 heavy (non-hydrogen) atoms. The van der Waals surface area contributed by atoms with Gasteiger partial charge in [-0.15, -0.1) is 0 Å². The Balaban J connectivity index is 1.96. The lowest BCUT2D eigenvalue weighted by molar-refractivity contribution is -0.118. The van der Waals surface area contributed by atoms with Crippen LogP contribution in [-0.2, 0) is 4.79 Å². The first-order valence-electron chi connectivity index (χ1n) is 8.03. The molecule has 0 fully saturated rings. The van der Waals surface area contributed by atoms with Crippen LogP contribution in [0.1, 0.15) is 30.1 Å². The molecule has 0 atom stereocenters. The molecule has 2 aromatic carbocycles. The van der Waals surface area contributed by atoms with Gasteiger partial charge in [-0.2, -0.15) is 0 Å². The van der Waals surface area contributed by atoms with Crippen molar-refractivity contribution < 1.29 is 19.1 Å². The quantitative estimate of drug-likeness (QED) is 0.567. The molecule has 6 heteroatoms. The number of carbonyl (C=O) groups excluding carboxylic acids is 2. The van der Waals surface area contributed by atoms with Crippen molar-refractivity contribution in [3.63, 3.8) is 0 Å². The van der Waals surface area contributed by atoms with Crippen LogP contribution in [0, 0.1) is 0 Å². The molecule has 2 aromatic rings. The molecule has 0 heterocycles. The number of rotatable bonds is 8. The fraction of sp³-hybridized carbons (Fsp3) is 0.263. The van der Waals surface area contributed by atoms with Gasteiger partial charge in [-0.3, -0.25) is 9.59 Å². The maximum Gasteiger partial charge on any atom is 0.262 e. The first-order chi connectivity index (χ1) is 12.0. The number of carbonyl (C=O) groups is 2. The Bertz CT molecular complexity index is 759. The lowest BCUT2D eigenvalue weighted by Gasteiger charge is -2.12. The molecule has 0 aliphatic carbocycles. The molecule has 132 valence electrons. The fourth-order valence-electron chi connectivity index (χ4n) is 2.30. The van der Waals surface area contributed by atoms with Crippen molar-refractivity contribution in [3.05, 3.63) is 48.0 Å². The summed E-state index contributed by atoms with van der Waals surface area (Å²) in [6.07, 6.45) is 1.25. The molecule has 0 radical (unpaired) electrons. The van der Waals surface area contributed by atoms with Gasteiger partial charge in [0.1, 0.15) is 11.5 Å². The van der Waals surface area contributed by atoms with Gasteiger partial charge in [0.2, 0.25) is 0 Å². The van der Waals surface area contributed by atoms with Gasteiger partial charge in [-0.1, -0.05) is 19.1 Å². The van der Waals surface area contributed by atoms with Crippen molar-refractivity contribution in [2.75, 3.05) is 24.8 Å². The van der Waals surface area contributed by atoms with Crippen molar-refractivity contribution in [1.82, 2.24) is 0 Å². The monoisotopic (exact) mass is 342 g/mol. The second-order valence-corrected chi connectivity index (χ2v) is 5.46. The Labute approximate surface area is 146 Å². The second kappa shape index (κ2) is 8.73. The number of methoxy groups -OCH3 is 1. The van der Waals surface area contributed by atoms with E-state index in [1.165, 1.54) is 7.11 Å². The third-order valence-electron chi connectivity index (χ3n) is 3.55. The maximum atomic E-state index is 12.0. The molecule has 2 rings (SSSR count). The summed E-state index contributed by atoms with van der Waals surface area (Å²) in [7, 11) is 1.53. The van der Waals surface area contributed by atoms with E-state index in [1.807, 2.05) is 13.0 Å². The molecule has 0 unspecified atom stereocenters. The predicted octanol–water partition coefficient (Wildman–Crippen LogP) is 3.28. The number of anilines is 2. The van der Waals surface area contributed by atoms with Gasteiger partial charge in [-0.05, 0) is 36.8 Å². The number of hydrogen-bond acceptors (Lipinski definition) is 5. The van der Waals surface area contributed by atoms with Crippen LogP contribution in [0.2, 0.25) is 0 Å². The van der Waals surface area contributed by atoms with E-state index in [2.05, 4.69) is 5.32 Å². The molecule has 0 aromatic heterocycles. The van der Waals surface area contributed by atoms with E-state index in [4.69, 9.17) is 15.2 Å². The minimum absolute atomic E-state index is 0.0367. The highest BCUT2D eigenvalue weighted by atomic mass is 16.5. The van der Waals surface area contributed by atoms with Crippen LogP contribution in [0.3, 0.4) is 0 Å². The Morgan fingerprint density at radius 2 is 1.88 bits per heavy atom. The number of para-hydroxylation sites is 2. The largest absolute Gasteiger partial charge is 0.495 e. The van der Waals surface area contributed by atoms with E-state index < -0.39 is 0 Å². The normalized spacial score (nSPS) is 10.2. The molecule has 0 bridgehead atoms. The molecule has 0 saturated heterocycles. The Morgan fingerprint density at radius 3 is 2.56 bits per heavy atom. The topological polar surface area (TPSA) is 90.7 Å². The first-order valence-corrected chi connectivity index (χ1v) is 8.03. The molecule has 1 amide bonds. The van der Waals surface area contributed by atoms with Crippen molar-refractivity contribution in [2.45, 2.75) is 19.8 Å². The number of benzene rings is 2. The summed E-state index contributed by atoms with van der Waals surface area (Å²) in [6, 6.07) is 11.9. The van der Waals surface area contributed by atoms with Crippen molar-refractivity contribution in [1.29, 1.82) is 0 Å². The van der Waals surface area contributed by atoms with Gasteiger partial charge in [0.25, 0.3) is 5.91 Å². The zero-order valence-corrected chi connectivity index (χ0v) is 14.4. The van der Waals surface area contributed by atoms with Crippen LogP contribution in [-0.4, -0.2) is 25.4 Å². The van der Waals surface area contributed by atoms with Crippen LogP contribution >= 0.6 is 0 Å². The van der Waals surface area contributed by atoms with Crippen LogP contribution in [0.25, 0.3) is 0 Å². The van der Waals surface area contributed by atoms with E-state index >= 15 is 0 Å². The minimum atomic E-state index is -0.338. The lowest BCUT2D eigenvalue weighted by Crippen LogP contribution is -2.20. The summed E-state index contributed by atoms with van der Waals surface area (Å²) in [5.74, 6) is 0.627. The van der Waals surface area contributed by atoms with Gasteiger partial charge in [-0.25, -0.2) is 0 Å². The summed E-state index contributed by atoms with van der Waals surface area (Å²) in [5.41, 5.74) is 7.35. The number of amides is 1. The molecule has 0 saturated carbocycles. The van der Waals surface area contributed by atoms with Gasteiger partial charge in [0, 0.05) is 12.0 Å². The van der Waals surface area contributed by atoms with Gasteiger partial charge < -0.3 is 20.5 Å². The number of Topliss-reactive ketones (excluding diaryl/α,β-unsaturated/α-hetero) is 1. The van der Waals surface area contributed by atoms with Crippen LogP contribution in [0.4, 0.5) is 11.4 Å².